The van der Waals surface area contributed by atoms with Crippen LogP contribution < -0.4 is 16.0 Å². The quantitative estimate of drug-likeness (QED) is 0.261. The Morgan fingerprint density at radius 1 is 1.10 bits per heavy atom. The molecule has 0 fully saturated rings. The fraction of sp³-hybridized carbons (Fsp3) is 0.333. The second-order valence-electron chi connectivity index (χ2n) is 5.89. The lowest BCUT2D eigenvalue weighted by molar-refractivity contribution is -0.0937. The van der Waals surface area contributed by atoms with Crippen molar-refractivity contribution in [3.05, 3.63) is 45.7 Å². The van der Waals surface area contributed by atoms with Crippen LogP contribution in [0.1, 0.15) is 11.4 Å². The maximum absolute atomic E-state index is 6.18. The van der Waals surface area contributed by atoms with E-state index in [0.29, 0.717) is 27.6 Å². The van der Waals surface area contributed by atoms with Gasteiger partial charge in [-0.2, -0.15) is 0 Å². The lowest BCUT2D eigenvalue weighted by Crippen LogP contribution is -2.40. The fourth-order valence-corrected chi connectivity index (χ4v) is 2.92. The average molecular weight is 457 g/mol. The fourth-order valence-electron chi connectivity index (χ4n) is 2.26. The lowest BCUT2D eigenvalue weighted by atomic mass is 10.3. The molecule has 1 aromatic carbocycles. The Bertz CT molecular complexity index is 872. The van der Waals surface area contributed by atoms with E-state index in [0.717, 1.165) is 11.4 Å². The van der Waals surface area contributed by atoms with E-state index in [1.54, 1.807) is 18.2 Å². The summed E-state index contributed by atoms with van der Waals surface area (Å²) in [7, 11) is 3.07. The Labute approximate surface area is 185 Å². The number of nitrogens with zero attached hydrogens (tertiary/aromatic N) is 3. The van der Waals surface area contributed by atoms with E-state index >= 15 is 0 Å². The van der Waals surface area contributed by atoms with Gasteiger partial charge >= 0.3 is 0 Å². The minimum Gasteiger partial charge on any atom is -0.354 e. The first-order valence-corrected chi connectivity index (χ1v) is 9.69. The normalized spacial score (nSPS) is 11.5. The van der Waals surface area contributed by atoms with Gasteiger partial charge < -0.3 is 20.1 Å². The molecule has 1 aromatic heterocycles. The number of benzene rings is 1. The molecule has 0 aliphatic carbocycles. The van der Waals surface area contributed by atoms with Gasteiger partial charge in [0.2, 0.25) is 11.9 Å². The van der Waals surface area contributed by atoms with Crippen molar-refractivity contribution in [3.63, 3.8) is 0 Å². The number of anilines is 2. The van der Waals surface area contributed by atoms with Gasteiger partial charge in [0.1, 0.15) is 0 Å². The molecule has 0 saturated carbocycles. The molecule has 29 heavy (non-hydrogen) atoms. The molecular formula is C18H22Cl2N6O2S. The molecule has 0 amide bonds. The summed E-state index contributed by atoms with van der Waals surface area (Å²) in [6.07, 6.45) is -0.513. The summed E-state index contributed by atoms with van der Waals surface area (Å²) in [5, 5.41) is 10.2. The smallest absolute Gasteiger partial charge is 0.229 e. The Hall–Kier alpha value is -2.04. The zero-order valence-corrected chi connectivity index (χ0v) is 18.7. The molecule has 11 heteroatoms. The summed E-state index contributed by atoms with van der Waals surface area (Å²) in [4.78, 5) is 13.1. The van der Waals surface area contributed by atoms with E-state index in [2.05, 4.69) is 30.9 Å². The van der Waals surface area contributed by atoms with Gasteiger partial charge in [0, 0.05) is 30.6 Å². The number of methoxy groups -OCH3 is 2. The molecule has 2 rings (SSSR count). The SMILES string of the molecule is COC(CN=C(NC(=S)Nc1ccc(Cl)cc1Cl)Nc1nc(C)cc(C)n1)OC. The van der Waals surface area contributed by atoms with Crippen LogP contribution in [0.3, 0.4) is 0 Å². The first kappa shape index (κ1) is 23.2. The third-order valence-corrected chi connectivity index (χ3v) is 4.30. The van der Waals surface area contributed by atoms with Crippen molar-refractivity contribution >= 4 is 58.1 Å². The highest BCUT2D eigenvalue weighted by atomic mass is 35.5. The van der Waals surface area contributed by atoms with Crippen LogP contribution in [0.25, 0.3) is 0 Å². The summed E-state index contributed by atoms with van der Waals surface area (Å²) in [6.45, 7) is 3.98. The van der Waals surface area contributed by atoms with E-state index in [4.69, 9.17) is 44.9 Å². The van der Waals surface area contributed by atoms with Gasteiger partial charge in [-0.1, -0.05) is 23.2 Å². The molecule has 0 saturated heterocycles. The minimum absolute atomic E-state index is 0.220. The van der Waals surface area contributed by atoms with E-state index < -0.39 is 6.29 Å². The monoisotopic (exact) mass is 456 g/mol. The van der Waals surface area contributed by atoms with Crippen molar-refractivity contribution in [1.29, 1.82) is 0 Å². The first-order chi connectivity index (χ1) is 13.8. The highest BCUT2D eigenvalue weighted by Gasteiger charge is 2.11. The highest BCUT2D eigenvalue weighted by Crippen LogP contribution is 2.25. The molecule has 0 atom stereocenters. The third-order valence-electron chi connectivity index (χ3n) is 3.55. The summed E-state index contributed by atoms with van der Waals surface area (Å²) >= 11 is 17.5. The van der Waals surface area contributed by atoms with Crippen molar-refractivity contribution in [2.45, 2.75) is 20.1 Å². The van der Waals surface area contributed by atoms with Crippen molar-refractivity contribution in [2.75, 3.05) is 31.4 Å². The second kappa shape index (κ2) is 11.2. The molecule has 8 nitrogen and oxygen atoms in total. The summed E-state index contributed by atoms with van der Waals surface area (Å²) in [6, 6.07) is 6.92. The zero-order chi connectivity index (χ0) is 21.4. The Morgan fingerprint density at radius 2 is 1.76 bits per heavy atom. The van der Waals surface area contributed by atoms with Crippen LogP contribution in [-0.4, -0.2) is 48.1 Å². The molecular weight excluding hydrogens is 435 g/mol. The summed E-state index contributed by atoms with van der Waals surface area (Å²) in [5.41, 5.74) is 2.24. The Morgan fingerprint density at radius 3 is 2.34 bits per heavy atom. The number of ether oxygens (including phenoxy) is 2. The molecule has 1 heterocycles. The molecule has 0 unspecified atom stereocenters. The predicted octanol–water partition coefficient (Wildman–Crippen LogP) is 3.77. The van der Waals surface area contributed by atoms with Gasteiger partial charge in [-0.15, -0.1) is 0 Å². The number of aromatic nitrogens is 2. The van der Waals surface area contributed by atoms with Crippen LogP contribution in [0, 0.1) is 13.8 Å². The number of hydrogen-bond donors (Lipinski definition) is 3. The van der Waals surface area contributed by atoms with Gasteiger partial charge in [-0.05, 0) is 50.3 Å². The Kier molecular flexibility index (Phi) is 8.99. The summed E-state index contributed by atoms with van der Waals surface area (Å²) in [5.74, 6) is 0.698. The minimum atomic E-state index is -0.513. The third kappa shape index (κ3) is 7.71. The highest BCUT2D eigenvalue weighted by molar-refractivity contribution is 7.80. The van der Waals surface area contributed by atoms with Gasteiger partial charge in [0.15, 0.2) is 11.4 Å². The lowest BCUT2D eigenvalue weighted by Gasteiger charge is -2.16. The number of halogens is 2. The second-order valence-corrected chi connectivity index (χ2v) is 7.14. The number of thiocarbonyl (C=S) groups is 1. The zero-order valence-electron chi connectivity index (χ0n) is 16.4. The first-order valence-electron chi connectivity index (χ1n) is 8.53. The van der Waals surface area contributed by atoms with Crippen LogP contribution in [0.5, 0.6) is 0 Å². The molecule has 3 N–H and O–H groups in total. The van der Waals surface area contributed by atoms with Crippen LogP contribution in [-0.2, 0) is 9.47 Å². The molecule has 0 aliphatic heterocycles. The molecule has 156 valence electrons. The van der Waals surface area contributed by atoms with Crippen LogP contribution in [0.2, 0.25) is 10.0 Å². The van der Waals surface area contributed by atoms with E-state index in [1.807, 2.05) is 19.9 Å². The molecule has 0 spiro atoms. The Balaban J connectivity index is 2.17. The molecule has 0 aliphatic rings. The number of guanidine groups is 1. The van der Waals surface area contributed by atoms with Crippen molar-refractivity contribution in [1.82, 2.24) is 15.3 Å². The maximum Gasteiger partial charge on any atom is 0.229 e. The van der Waals surface area contributed by atoms with E-state index in [-0.39, 0.29) is 11.7 Å². The molecule has 2 aromatic rings. The summed E-state index contributed by atoms with van der Waals surface area (Å²) < 4.78 is 10.3. The van der Waals surface area contributed by atoms with Gasteiger partial charge in [0.25, 0.3) is 0 Å². The number of hydrogen-bond acceptors (Lipinski definition) is 6. The largest absolute Gasteiger partial charge is 0.354 e. The van der Waals surface area contributed by atoms with Gasteiger partial charge in [0.05, 0.1) is 17.3 Å². The van der Waals surface area contributed by atoms with Crippen LogP contribution in [0.4, 0.5) is 11.6 Å². The standard InChI is InChI=1S/C18H22Cl2N6O2S/c1-10-7-11(2)23-17(22-10)25-16(21-9-15(27-3)28-4)26-18(29)24-14-6-5-12(19)8-13(14)20/h5-8,15H,9H2,1-4H3,(H3,21,22,23,24,25,26,29). The van der Waals surface area contributed by atoms with Crippen molar-refractivity contribution < 1.29 is 9.47 Å². The maximum atomic E-state index is 6.18. The molecule has 0 radical (unpaired) electrons. The van der Waals surface area contributed by atoms with E-state index in [9.17, 15) is 0 Å². The van der Waals surface area contributed by atoms with Crippen molar-refractivity contribution in [2.24, 2.45) is 4.99 Å². The van der Waals surface area contributed by atoms with Gasteiger partial charge in [-0.3, -0.25) is 5.32 Å². The van der Waals surface area contributed by atoms with Crippen LogP contribution in [0.15, 0.2) is 29.3 Å². The number of aryl methyl sites for hydroxylation is 2. The molecule has 0 bridgehead atoms. The number of nitrogens with one attached hydrogen (secondary N) is 3. The van der Waals surface area contributed by atoms with E-state index in [1.165, 1.54) is 14.2 Å². The number of aliphatic imine (C=N–C) groups is 1. The van der Waals surface area contributed by atoms with Crippen molar-refractivity contribution in [3.8, 4) is 0 Å². The van der Waals surface area contributed by atoms with Gasteiger partial charge in [-0.25, -0.2) is 15.0 Å². The predicted molar refractivity (Wildman–Crippen MR) is 121 cm³/mol. The number of rotatable bonds is 6. The average Bonchev–Trinajstić information content (AvgIpc) is 2.64. The topological polar surface area (TPSA) is 92.7 Å². The van der Waals surface area contributed by atoms with Crippen LogP contribution >= 0.6 is 35.4 Å².